The van der Waals surface area contributed by atoms with Gasteiger partial charge in [0.2, 0.25) is 5.95 Å². The number of pyridine rings is 1. The zero-order valence-corrected chi connectivity index (χ0v) is 9.94. The van der Waals surface area contributed by atoms with E-state index >= 15 is 0 Å². The minimum Gasteiger partial charge on any atom is -0.213 e. The predicted molar refractivity (Wildman–Crippen MR) is 54.9 cm³/mol. The quantitative estimate of drug-likeness (QED) is 0.549. The first-order chi connectivity index (χ1) is 5.41. The first-order valence-electron chi connectivity index (χ1n) is 3.74. The molecule has 0 amide bonds. The van der Waals surface area contributed by atoms with Gasteiger partial charge in [0.25, 0.3) is 0 Å². The van der Waals surface area contributed by atoms with Crippen molar-refractivity contribution in [2.24, 2.45) is 0 Å². The Morgan fingerprint density at radius 3 is 2.33 bits per heavy atom. The first-order valence-corrected chi connectivity index (χ1v) is 8.03. The van der Waals surface area contributed by atoms with E-state index in [1.165, 1.54) is 0 Å². The van der Waals surface area contributed by atoms with Gasteiger partial charge in [-0.25, -0.2) is 4.98 Å². The Morgan fingerprint density at radius 2 is 1.92 bits per heavy atom. The number of aromatic nitrogens is 1. The Balaban J connectivity index is 3.19. The van der Waals surface area contributed by atoms with Crippen LogP contribution in [0.1, 0.15) is 0 Å². The summed E-state index contributed by atoms with van der Waals surface area (Å²) >= 11 is 3.13. The molecule has 0 fully saturated rings. The summed E-state index contributed by atoms with van der Waals surface area (Å²) in [6.45, 7) is 6.29. The lowest BCUT2D eigenvalue weighted by atomic mass is 10.5. The van der Waals surface area contributed by atoms with Crippen molar-refractivity contribution < 1.29 is 4.39 Å². The van der Waals surface area contributed by atoms with Crippen LogP contribution in [0.3, 0.4) is 0 Å². The van der Waals surface area contributed by atoms with Crippen molar-refractivity contribution in [3.63, 3.8) is 0 Å². The van der Waals surface area contributed by atoms with Gasteiger partial charge < -0.3 is 0 Å². The summed E-state index contributed by atoms with van der Waals surface area (Å²) in [6.07, 6.45) is 0. The zero-order valence-electron chi connectivity index (χ0n) is 7.36. The molecule has 0 saturated heterocycles. The maximum atomic E-state index is 13.2. The second kappa shape index (κ2) is 3.26. The molecule has 0 aromatic carbocycles. The van der Waals surface area contributed by atoms with Crippen LogP contribution in [0, 0.1) is 5.95 Å². The molecule has 0 radical (unpaired) electrons. The van der Waals surface area contributed by atoms with Gasteiger partial charge in [0.05, 0.1) is 8.07 Å². The molecule has 1 aromatic rings. The van der Waals surface area contributed by atoms with Crippen molar-refractivity contribution in [2.45, 2.75) is 19.6 Å². The fourth-order valence-electron chi connectivity index (χ4n) is 0.972. The van der Waals surface area contributed by atoms with Crippen LogP contribution < -0.4 is 5.19 Å². The molecule has 0 spiro atoms. The summed E-state index contributed by atoms with van der Waals surface area (Å²) in [6, 6.07) is 3.61. The minimum atomic E-state index is -1.56. The van der Waals surface area contributed by atoms with Crippen LogP contribution in [0.15, 0.2) is 16.7 Å². The van der Waals surface area contributed by atoms with Gasteiger partial charge >= 0.3 is 0 Å². The average molecular weight is 248 g/mol. The lowest BCUT2D eigenvalue weighted by Crippen LogP contribution is -2.40. The van der Waals surface area contributed by atoms with E-state index in [0.29, 0.717) is 4.60 Å². The minimum absolute atomic E-state index is 0.330. The molecule has 0 aliphatic heterocycles. The van der Waals surface area contributed by atoms with Crippen LogP contribution in [0.25, 0.3) is 0 Å². The predicted octanol–water partition coefficient (Wildman–Crippen LogP) is 2.53. The summed E-state index contributed by atoms with van der Waals surface area (Å²) in [5.74, 6) is -0.330. The van der Waals surface area contributed by atoms with Gasteiger partial charge in [-0.15, -0.1) is 0 Å². The molecule has 0 atom stereocenters. The molecule has 66 valence electrons. The van der Waals surface area contributed by atoms with E-state index in [1.54, 1.807) is 6.07 Å². The number of nitrogens with zero attached hydrogens (tertiary/aromatic N) is 1. The molecule has 1 aromatic heterocycles. The van der Waals surface area contributed by atoms with Gasteiger partial charge in [-0.3, -0.25) is 0 Å². The van der Waals surface area contributed by atoms with Crippen LogP contribution in [-0.2, 0) is 0 Å². The second-order valence-corrected chi connectivity index (χ2v) is 9.57. The van der Waals surface area contributed by atoms with Crippen LogP contribution in [0.5, 0.6) is 0 Å². The zero-order chi connectivity index (χ0) is 9.35. The van der Waals surface area contributed by atoms with Crippen molar-refractivity contribution in [2.75, 3.05) is 0 Å². The number of hydrogen-bond donors (Lipinski definition) is 0. The summed E-state index contributed by atoms with van der Waals surface area (Å²) in [5, 5.41) is 0.783. The summed E-state index contributed by atoms with van der Waals surface area (Å²) in [5.41, 5.74) is 0. The highest BCUT2D eigenvalue weighted by Gasteiger charge is 2.21. The van der Waals surface area contributed by atoms with Crippen LogP contribution in [-0.4, -0.2) is 13.1 Å². The van der Waals surface area contributed by atoms with Gasteiger partial charge in [-0.2, -0.15) is 4.39 Å². The normalized spacial score (nSPS) is 11.8. The highest BCUT2D eigenvalue weighted by atomic mass is 79.9. The first kappa shape index (κ1) is 9.86. The lowest BCUT2D eigenvalue weighted by molar-refractivity contribution is 0.589. The molecule has 1 nitrogen and oxygen atoms in total. The van der Waals surface area contributed by atoms with Crippen molar-refractivity contribution in [1.82, 2.24) is 4.98 Å². The van der Waals surface area contributed by atoms with Gasteiger partial charge in [0.15, 0.2) is 0 Å². The van der Waals surface area contributed by atoms with Crippen molar-refractivity contribution in [3.8, 4) is 0 Å². The van der Waals surface area contributed by atoms with Gasteiger partial charge in [0, 0.05) is 0 Å². The van der Waals surface area contributed by atoms with E-state index < -0.39 is 8.07 Å². The Labute approximate surface area is 81.2 Å². The van der Waals surface area contributed by atoms with E-state index in [9.17, 15) is 4.39 Å². The molecular weight excluding hydrogens is 237 g/mol. The van der Waals surface area contributed by atoms with Gasteiger partial charge in [-0.1, -0.05) is 25.7 Å². The monoisotopic (exact) mass is 247 g/mol. The van der Waals surface area contributed by atoms with Crippen LogP contribution >= 0.6 is 15.9 Å². The van der Waals surface area contributed by atoms with E-state index in [0.717, 1.165) is 5.19 Å². The molecule has 1 heterocycles. The smallest absolute Gasteiger partial charge is 0.213 e. The fraction of sp³-hybridized carbons (Fsp3) is 0.375. The number of hydrogen-bond acceptors (Lipinski definition) is 1. The molecule has 0 bridgehead atoms. The molecule has 0 unspecified atom stereocenters. The van der Waals surface area contributed by atoms with Gasteiger partial charge in [-0.05, 0) is 27.2 Å². The lowest BCUT2D eigenvalue weighted by Gasteiger charge is -2.16. The third kappa shape index (κ3) is 2.14. The Hall–Kier alpha value is -0.223. The molecule has 0 aliphatic carbocycles. The van der Waals surface area contributed by atoms with Crippen LogP contribution in [0.4, 0.5) is 4.39 Å². The fourth-order valence-corrected chi connectivity index (χ4v) is 2.52. The summed E-state index contributed by atoms with van der Waals surface area (Å²) in [7, 11) is -1.56. The standard InChI is InChI=1S/C8H11BrFNSi/c1-12(2,3)6-4-5-7(9)11-8(6)10/h4-5H,1-3H3. The molecular formula is C8H11BrFNSi. The molecule has 1 rings (SSSR count). The number of halogens is 2. The van der Waals surface area contributed by atoms with E-state index in [1.807, 2.05) is 6.07 Å². The van der Waals surface area contributed by atoms with E-state index in [4.69, 9.17) is 0 Å². The SMILES string of the molecule is C[Si](C)(C)c1ccc(Br)nc1F. The third-order valence-electron chi connectivity index (χ3n) is 1.62. The molecule has 0 saturated carbocycles. The maximum Gasteiger partial charge on any atom is 0.213 e. The van der Waals surface area contributed by atoms with Crippen LogP contribution in [0.2, 0.25) is 19.6 Å². The third-order valence-corrected chi connectivity index (χ3v) is 4.05. The second-order valence-electron chi connectivity index (χ2n) is 3.72. The Bertz CT molecular complexity index is 296. The van der Waals surface area contributed by atoms with Crippen molar-refractivity contribution in [1.29, 1.82) is 0 Å². The highest BCUT2D eigenvalue weighted by Crippen LogP contribution is 2.08. The largest absolute Gasteiger partial charge is 0.213 e. The van der Waals surface area contributed by atoms with Crippen molar-refractivity contribution >= 4 is 29.2 Å². The molecule has 4 heteroatoms. The number of rotatable bonds is 1. The van der Waals surface area contributed by atoms with Crippen molar-refractivity contribution in [3.05, 3.63) is 22.7 Å². The molecule has 12 heavy (non-hydrogen) atoms. The summed E-state index contributed by atoms with van der Waals surface area (Å²) in [4.78, 5) is 3.72. The van der Waals surface area contributed by atoms with Gasteiger partial charge in [0.1, 0.15) is 4.60 Å². The maximum absolute atomic E-state index is 13.2. The summed E-state index contributed by atoms with van der Waals surface area (Å²) < 4.78 is 13.8. The Morgan fingerprint density at radius 1 is 1.33 bits per heavy atom. The van der Waals surface area contributed by atoms with E-state index in [-0.39, 0.29) is 5.95 Å². The average Bonchev–Trinajstić information content (AvgIpc) is 1.83. The molecule has 0 N–H and O–H groups in total. The van der Waals surface area contributed by atoms with E-state index in [2.05, 4.69) is 40.6 Å². The molecule has 0 aliphatic rings. The topological polar surface area (TPSA) is 12.9 Å². The Kier molecular flexibility index (Phi) is 2.68. The highest BCUT2D eigenvalue weighted by molar-refractivity contribution is 9.10.